The summed E-state index contributed by atoms with van der Waals surface area (Å²) in [6.45, 7) is 0.282. The molecule has 0 aliphatic heterocycles. The molecule has 0 heterocycles. The van der Waals surface area contributed by atoms with E-state index >= 15 is 0 Å². The first-order chi connectivity index (χ1) is 9.09. The van der Waals surface area contributed by atoms with Crippen molar-refractivity contribution in [2.75, 3.05) is 5.94 Å². The molecule has 0 unspecified atom stereocenters. The van der Waals surface area contributed by atoms with Crippen LogP contribution in [-0.2, 0) is 21.2 Å². The summed E-state index contributed by atoms with van der Waals surface area (Å²) < 4.78 is 30.0. The van der Waals surface area contributed by atoms with E-state index in [0.29, 0.717) is 4.47 Å². The maximum atomic E-state index is 12.1. The summed E-state index contributed by atoms with van der Waals surface area (Å²) in [6.07, 6.45) is 0. The Balaban J connectivity index is 2.01. The van der Waals surface area contributed by atoms with Crippen molar-refractivity contribution in [3.05, 3.63) is 64.6 Å². The van der Waals surface area contributed by atoms with E-state index in [4.69, 9.17) is 4.74 Å². The fourth-order valence-electron chi connectivity index (χ4n) is 1.60. The molecule has 19 heavy (non-hydrogen) atoms. The zero-order valence-corrected chi connectivity index (χ0v) is 12.5. The summed E-state index contributed by atoms with van der Waals surface area (Å²) in [7, 11) is -3.43. The van der Waals surface area contributed by atoms with E-state index in [2.05, 4.69) is 15.9 Å². The fourth-order valence-corrected chi connectivity index (χ4v) is 3.71. The summed E-state index contributed by atoms with van der Waals surface area (Å²) in [6, 6.07) is 16.2. The Morgan fingerprint density at radius 3 is 2.26 bits per heavy atom. The highest BCUT2D eigenvalue weighted by atomic mass is 79.9. The third-order valence-electron chi connectivity index (χ3n) is 2.52. The summed E-state index contributed by atoms with van der Waals surface area (Å²) in [5, 5.41) is 0. The normalized spacial score (nSPS) is 11.4. The minimum atomic E-state index is -3.43. The molecule has 0 aromatic heterocycles. The van der Waals surface area contributed by atoms with Gasteiger partial charge in [-0.05, 0) is 33.6 Å². The Kier molecular flexibility index (Phi) is 4.74. The first kappa shape index (κ1) is 14.2. The highest BCUT2D eigenvalue weighted by Gasteiger charge is 2.17. The molecule has 100 valence electrons. The lowest BCUT2D eigenvalue weighted by Crippen LogP contribution is -2.10. The summed E-state index contributed by atoms with van der Waals surface area (Å²) in [4.78, 5) is 0.253. The number of sulfone groups is 1. The van der Waals surface area contributed by atoms with Gasteiger partial charge in [0.25, 0.3) is 0 Å². The zero-order valence-electron chi connectivity index (χ0n) is 10.1. The van der Waals surface area contributed by atoms with E-state index in [0.717, 1.165) is 5.56 Å². The number of ether oxygens (including phenoxy) is 1. The molecule has 0 spiro atoms. The lowest BCUT2D eigenvalue weighted by atomic mass is 10.2. The average Bonchev–Trinajstić information content (AvgIpc) is 2.40. The molecule has 0 aliphatic carbocycles. The molecule has 0 radical (unpaired) electrons. The van der Waals surface area contributed by atoms with Gasteiger partial charge in [-0.3, -0.25) is 0 Å². The monoisotopic (exact) mass is 340 g/mol. The van der Waals surface area contributed by atoms with Crippen LogP contribution in [0.5, 0.6) is 0 Å². The minimum Gasteiger partial charge on any atom is -0.360 e. The third-order valence-corrected chi connectivity index (χ3v) is 4.98. The molecule has 5 heteroatoms. The number of hydrogen-bond donors (Lipinski definition) is 0. The Bertz CT molecular complexity index is 639. The number of halogens is 1. The third kappa shape index (κ3) is 3.89. The highest BCUT2D eigenvalue weighted by molar-refractivity contribution is 9.10. The van der Waals surface area contributed by atoms with Crippen molar-refractivity contribution in [3.63, 3.8) is 0 Å². The topological polar surface area (TPSA) is 43.4 Å². The van der Waals surface area contributed by atoms with Crippen molar-refractivity contribution in [3.8, 4) is 0 Å². The lowest BCUT2D eigenvalue weighted by molar-refractivity contribution is 0.163. The Hall–Kier alpha value is -1.17. The van der Waals surface area contributed by atoms with E-state index in [1.807, 2.05) is 30.3 Å². The van der Waals surface area contributed by atoms with E-state index in [1.165, 1.54) is 0 Å². The number of rotatable bonds is 5. The highest BCUT2D eigenvalue weighted by Crippen LogP contribution is 2.22. The van der Waals surface area contributed by atoms with Crippen LogP contribution < -0.4 is 0 Å². The van der Waals surface area contributed by atoms with Crippen molar-refractivity contribution in [2.24, 2.45) is 0 Å². The molecular weight excluding hydrogens is 328 g/mol. The summed E-state index contributed by atoms with van der Waals surface area (Å²) >= 11 is 3.23. The van der Waals surface area contributed by atoms with Crippen molar-refractivity contribution >= 4 is 25.8 Å². The molecule has 0 bridgehead atoms. The Labute approximate surface area is 121 Å². The van der Waals surface area contributed by atoms with Crippen molar-refractivity contribution in [1.82, 2.24) is 0 Å². The zero-order chi connectivity index (χ0) is 13.7. The van der Waals surface area contributed by atoms with Gasteiger partial charge in [0.2, 0.25) is 9.84 Å². The minimum absolute atomic E-state index is 0.253. The Morgan fingerprint density at radius 1 is 0.947 bits per heavy atom. The fraction of sp³-hybridized carbons (Fsp3) is 0.143. The second kappa shape index (κ2) is 6.32. The quantitative estimate of drug-likeness (QED) is 0.837. The van der Waals surface area contributed by atoms with Crippen molar-refractivity contribution < 1.29 is 13.2 Å². The molecule has 0 saturated heterocycles. The second-order valence-electron chi connectivity index (χ2n) is 4.00. The molecule has 0 aliphatic rings. The van der Waals surface area contributed by atoms with Gasteiger partial charge >= 0.3 is 0 Å². The summed E-state index contributed by atoms with van der Waals surface area (Å²) in [5.74, 6) is -0.329. The molecule has 0 N–H and O–H groups in total. The maximum Gasteiger partial charge on any atom is 0.203 e. The lowest BCUT2D eigenvalue weighted by Gasteiger charge is -2.07. The van der Waals surface area contributed by atoms with Gasteiger partial charge in [0, 0.05) is 4.47 Å². The molecule has 2 rings (SSSR count). The summed E-state index contributed by atoms with van der Waals surface area (Å²) in [5.41, 5.74) is 0.949. The molecule has 0 atom stereocenters. The van der Waals surface area contributed by atoms with Gasteiger partial charge in [-0.25, -0.2) is 8.42 Å². The number of hydrogen-bond acceptors (Lipinski definition) is 3. The smallest absolute Gasteiger partial charge is 0.203 e. The molecular formula is C14H13BrO3S. The van der Waals surface area contributed by atoms with Crippen LogP contribution in [0.1, 0.15) is 5.56 Å². The molecule has 0 amide bonds. The first-order valence-corrected chi connectivity index (χ1v) is 8.13. The van der Waals surface area contributed by atoms with Crippen molar-refractivity contribution in [2.45, 2.75) is 11.5 Å². The molecule has 2 aromatic carbocycles. The van der Waals surface area contributed by atoms with Crippen LogP contribution in [0.2, 0.25) is 0 Å². The van der Waals surface area contributed by atoms with Gasteiger partial charge in [0.05, 0.1) is 11.5 Å². The first-order valence-electron chi connectivity index (χ1n) is 5.68. The van der Waals surface area contributed by atoms with E-state index in [9.17, 15) is 8.42 Å². The van der Waals surface area contributed by atoms with Gasteiger partial charge < -0.3 is 4.74 Å². The molecule has 0 saturated carbocycles. The standard InChI is InChI=1S/C14H13BrO3S/c15-13-8-4-5-9-14(13)19(16,17)11-18-10-12-6-2-1-3-7-12/h1-9H,10-11H2. The average molecular weight is 341 g/mol. The maximum absolute atomic E-state index is 12.1. The van der Waals surface area contributed by atoms with Gasteiger partial charge in [-0.15, -0.1) is 0 Å². The second-order valence-corrected chi connectivity index (χ2v) is 6.76. The van der Waals surface area contributed by atoms with Gasteiger partial charge in [-0.2, -0.15) is 0 Å². The Morgan fingerprint density at radius 2 is 1.58 bits per heavy atom. The van der Waals surface area contributed by atoms with Crippen LogP contribution in [0.3, 0.4) is 0 Å². The molecule has 0 fully saturated rings. The number of benzene rings is 2. The van der Waals surface area contributed by atoms with E-state index in [1.54, 1.807) is 24.3 Å². The van der Waals surface area contributed by atoms with Crippen LogP contribution in [0.4, 0.5) is 0 Å². The van der Waals surface area contributed by atoms with Crippen LogP contribution in [0, 0.1) is 0 Å². The predicted octanol–water partition coefficient (Wildman–Crippen LogP) is 3.40. The van der Waals surface area contributed by atoms with Gasteiger partial charge in [0.15, 0.2) is 5.94 Å². The van der Waals surface area contributed by atoms with Gasteiger partial charge in [0.1, 0.15) is 0 Å². The molecule has 2 aromatic rings. The van der Waals surface area contributed by atoms with E-state index < -0.39 is 9.84 Å². The predicted molar refractivity (Wildman–Crippen MR) is 77.4 cm³/mol. The van der Waals surface area contributed by atoms with Crippen LogP contribution in [-0.4, -0.2) is 14.4 Å². The van der Waals surface area contributed by atoms with E-state index in [-0.39, 0.29) is 17.4 Å². The molecule has 3 nitrogen and oxygen atoms in total. The largest absolute Gasteiger partial charge is 0.360 e. The SMILES string of the molecule is O=S(=O)(COCc1ccccc1)c1ccccc1Br. The van der Waals surface area contributed by atoms with Gasteiger partial charge in [-0.1, -0.05) is 42.5 Å². The van der Waals surface area contributed by atoms with Crippen LogP contribution >= 0.6 is 15.9 Å². The van der Waals surface area contributed by atoms with Crippen molar-refractivity contribution in [1.29, 1.82) is 0 Å². The van der Waals surface area contributed by atoms with Crippen LogP contribution in [0.25, 0.3) is 0 Å². The van der Waals surface area contributed by atoms with Crippen LogP contribution in [0.15, 0.2) is 64.0 Å².